The van der Waals surface area contributed by atoms with Crippen LogP contribution in [0.1, 0.15) is 6.42 Å². The van der Waals surface area contributed by atoms with Crippen LogP contribution >= 0.6 is 11.8 Å². The van der Waals surface area contributed by atoms with E-state index in [0.717, 1.165) is 31.0 Å². The van der Waals surface area contributed by atoms with Crippen LogP contribution in [-0.2, 0) is 14.8 Å². The van der Waals surface area contributed by atoms with Crippen molar-refractivity contribution in [2.45, 2.75) is 17.4 Å². The van der Waals surface area contributed by atoms with Gasteiger partial charge in [-0.05, 0) is 24.3 Å². The number of benzene rings is 1. The highest BCUT2D eigenvalue weighted by atomic mass is 32.2. The van der Waals surface area contributed by atoms with Crippen molar-refractivity contribution < 1.29 is 21.9 Å². The van der Waals surface area contributed by atoms with Gasteiger partial charge in [0.2, 0.25) is 10.0 Å². The summed E-state index contributed by atoms with van der Waals surface area (Å²) in [5, 5.41) is 0. The molecule has 2 heterocycles. The van der Waals surface area contributed by atoms with E-state index in [1.54, 1.807) is 11.8 Å². The molecule has 0 spiro atoms. The van der Waals surface area contributed by atoms with E-state index in [1.807, 2.05) is 0 Å². The molecule has 1 atom stereocenters. The Morgan fingerprint density at radius 1 is 1.20 bits per heavy atom. The number of sulfonamides is 1. The fourth-order valence-corrected chi connectivity index (χ4v) is 6.01. The van der Waals surface area contributed by atoms with Crippen LogP contribution in [0.3, 0.4) is 0 Å². The number of thioether (sulfide) groups is 1. The first-order valence-electron chi connectivity index (χ1n) is 8.33. The van der Waals surface area contributed by atoms with Gasteiger partial charge in [0.15, 0.2) is 0 Å². The SMILES string of the molecule is O=S(=O)(c1ccc(F)cc1F)N1CCCSCC1CN1CCOCC1. The monoisotopic (exact) mass is 392 g/mol. The maximum atomic E-state index is 14.1. The zero-order valence-corrected chi connectivity index (χ0v) is 15.5. The van der Waals surface area contributed by atoms with Crippen molar-refractivity contribution in [1.29, 1.82) is 0 Å². The Morgan fingerprint density at radius 3 is 2.68 bits per heavy atom. The van der Waals surface area contributed by atoms with E-state index in [1.165, 1.54) is 4.31 Å². The standard InChI is InChI=1S/C16H22F2N2O3S2/c17-13-2-3-16(15(18)10-13)25(21,22)20-4-1-9-24-12-14(20)11-19-5-7-23-8-6-19/h2-3,10,14H,1,4-9,11-12H2. The smallest absolute Gasteiger partial charge is 0.246 e. The van der Waals surface area contributed by atoms with Crippen molar-refractivity contribution in [2.75, 3.05) is 50.9 Å². The molecule has 3 rings (SSSR count). The normalized spacial score (nSPS) is 24.2. The zero-order chi connectivity index (χ0) is 17.9. The molecule has 2 aliphatic heterocycles. The lowest BCUT2D eigenvalue weighted by atomic mass is 10.2. The summed E-state index contributed by atoms with van der Waals surface area (Å²) in [6.45, 7) is 3.75. The van der Waals surface area contributed by atoms with Gasteiger partial charge in [-0.15, -0.1) is 0 Å². The van der Waals surface area contributed by atoms with Crippen LogP contribution in [0, 0.1) is 11.6 Å². The highest BCUT2D eigenvalue weighted by Crippen LogP contribution is 2.27. The summed E-state index contributed by atoms with van der Waals surface area (Å²) < 4.78 is 60.1. The van der Waals surface area contributed by atoms with E-state index in [4.69, 9.17) is 4.74 Å². The van der Waals surface area contributed by atoms with Gasteiger partial charge < -0.3 is 4.74 Å². The molecule has 0 N–H and O–H groups in total. The van der Waals surface area contributed by atoms with Crippen LogP contribution in [0.4, 0.5) is 8.78 Å². The van der Waals surface area contributed by atoms with E-state index >= 15 is 0 Å². The molecule has 2 fully saturated rings. The summed E-state index contributed by atoms with van der Waals surface area (Å²) >= 11 is 1.72. The fourth-order valence-electron chi connectivity index (χ4n) is 3.16. The predicted octanol–water partition coefficient (Wildman–Crippen LogP) is 1.79. The van der Waals surface area contributed by atoms with Crippen molar-refractivity contribution in [3.05, 3.63) is 29.8 Å². The Balaban J connectivity index is 1.86. The molecule has 1 aromatic rings. The Hall–Kier alpha value is -0.740. The number of hydrogen-bond acceptors (Lipinski definition) is 5. The Morgan fingerprint density at radius 2 is 1.96 bits per heavy atom. The molecule has 2 aliphatic rings. The minimum atomic E-state index is -4.01. The van der Waals surface area contributed by atoms with Crippen molar-refractivity contribution in [2.24, 2.45) is 0 Å². The van der Waals surface area contributed by atoms with Gasteiger partial charge in [-0.3, -0.25) is 4.90 Å². The lowest BCUT2D eigenvalue weighted by Gasteiger charge is -2.35. The number of nitrogens with zero attached hydrogens (tertiary/aromatic N) is 2. The largest absolute Gasteiger partial charge is 0.379 e. The number of halogens is 2. The van der Waals surface area contributed by atoms with Gasteiger partial charge in [0.1, 0.15) is 16.5 Å². The summed E-state index contributed by atoms with van der Waals surface area (Å²) in [6.07, 6.45) is 0.715. The predicted molar refractivity (Wildman–Crippen MR) is 93.2 cm³/mol. The molecule has 9 heteroatoms. The second kappa shape index (κ2) is 8.30. The number of morpholine rings is 1. The van der Waals surface area contributed by atoms with Crippen LogP contribution in [0.2, 0.25) is 0 Å². The lowest BCUT2D eigenvalue weighted by Crippen LogP contribution is -2.50. The molecular formula is C16H22F2N2O3S2. The maximum absolute atomic E-state index is 14.1. The van der Waals surface area contributed by atoms with E-state index in [2.05, 4.69) is 4.90 Å². The topological polar surface area (TPSA) is 49.9 Å². The molecule has 0 aromatic heterocycles. The third kappa shape index (κ3) is 4.51. The van der Waals surface area contributed by atoms with Gasteiger partial charge in [-0.25, -0.2) is 17.2 Å². The summed E-state index contributed by atoms with van der Waals surface area (Å²) in [5.41, 5.74) is 0. The van der Waals surface area contributed by atoms with E-state index in [0.29, 0.717) is 44.5 Å². The highest BCUT2D eigenvalue weighted by Gasteiger charge is 2.35. The van der Waals surface area contributed by atoms with Crippen molar-refractivity contribution in [1.82, 2.24) is 9.21 Å². The van der Waals surface area contributed by atoms with E-state index in [-0.39, 0.29) is 6.04 Å². The first-order chi connectivity index (χ1) is 12.0. The first kappa shape index (κ1) is 19.0. The van der Waals surface area contributed by atoms with E-state index in [9.17, 15) is 17.2 Å². The number of hydrogen-bond donors (Lipinski definition) is 0. The first-order valence-corrected chi connectivity index (χ1v) is 10.9. The van der Waals surface area contributed by atoms with Gasteiger partial charge in [0.05, 0.1) is 13.2 Å². The summed E-state index contributed by atoms with van der Waals surface area (Å²) in [4.78, 5) is 1.73. The third-order valence-corrected chi connectivity index (χ3v) is 7.62. The Bertz CT molecular complexity index is 697. The second-order valence-corrected chi connectivity index (χ2v) is 9.19. The van der Waals surface area contributed by atoms with E-state index < -0.39 is 26.6 Å². The average molecular weight is 392 g/mol. The molecule has 140 valence electrons. The van der Waals surface area contributed by atoms with Crippen molar-refractivity contribution in [3.63, 3.8) is 0 Å². The van der Waals surface area contributed by atoms with Crippen LogP contribution in [-0.4, -0.2) is 74.6 Å². The Kier molecular flexibility index (Phi) is 6.32. The molecule has 1 aromatic carbocycles. The van der Waals surface area contributed by atoms with Crippen LogP contribution in [0.25, 0.3) is 0 Å². The summed E-state index contributed by atoms with van der Waals surface area (Å²) in [7, 11) is -4.01. The molecule has 0 radical (unpaired) electrons. The zero-order valence-electron chi connectivity index (χ0n) is 13.9. The van der Waals surface area contributed by atoms with Gasteiger partial charge in [-0.1, -0.05) is 0 Å². The average Bonchev–Trinajstić information content (AvgIpc) is 2.81. The minimum Gasteiger partial charge on any atom is -0.379 e. The quantitative estimate of drug-likeness (QED) is 0.782. The molecule has 1 unspecified atom stereocenters. The summed E-state index contributed by atoms with van der Waals surface area (Å²) in [5.74, 6) is -0.286. The van der Waals surface area contributed by atoms with Crippen LogP contribution < -0.4 is 0 Å². The lowest BCUT2D eigenvalue weighted by molar-refractivity contribution is 0.0309. The number of ether oxygens (including phenoxy) is 1. The molecule has 0 amide bonds. The third-order valence-electron chi connectivity index (χ3n) is 4.44. The number of rotatable bonds is 4. The summed E-state index contributed by atoms with van der Waals surface area (Å²) in [6, 6.07) is 2.39. The van der Waals surface area contributed by atoms with Gasteiger partial charge in [-0.2, -0.15) is 16.1 Å². The minimum absolute atomic E-state index is 0.236. The van der Waals surface area contributed by atoms with Crippen LogP contribution in [0.5, 0.6) is 0 Å². The molecule has 0 bridgehead atoms. The highest BCUT2D eigenvalue weighted by molar-refractivity contribution is 7.99. The molecule has 25 heavy (non-hydrogen) atoms. The molecule has 0 saturated carbocycles. The van der Waals surface area contributed by atoms with Crippen LogP contribution in [0.15, 0.2) is 23.1 Å². The van der Waals surface area contributed by atoms with Gasteiger partial charge in [0.25, 0.3) is 0 Å². The van der Waals surface area contributed by atoms with Crippen molar-refractivity contribution >= 4 is 21.8 Å². The molecule has 2 saturated heterocycles. The Labute approximate surface area is 151 Å². The molecular weight excluding hydrogens is 370 g/mol. The van der Waals surface area contributed by atoms with Gasteiger partial charge in [0, 0.05) is 44.0 Å². The molecule has 5 nitrogen and oxygen atoms in total. The fraction of sp³-hybridized carbons (Fsp3) is 0.625. The second-order valence-electron chi connectivity index (χ2n) is 6.19. The van der Waals surface area contributed by atoms with Gasteiger partial charge >= 0.3 is 0 Å². The molecule has 0 aliphatic carbocycles. The maximum Gasteiger partial charge on any atom is 0.246 e. The van der Waals surface area contributed by atoms with Crippen molar-refractivity contribution in [3.8, 4) is 0 Å².